The van der Waals surface area contributed by atoms with Gasteiger partial charge in [-0.3, -0.25) is 4.79 Å². The lowest BCUT2D eigenvalue weighted by atomic mass is 9.98. The Bertz CT molecular complexity index is 1430. The van der Waals surface area contributed by atoms with Gasteiger partial charge in [0, 0.05) is 39.2 Å². The number of aromatic nitrogens is 2. The standard InChI is InChI=1S/C22H29N7OS.C9H7F3O2/c1-16-6-4-5-7-18(16)14-21(30)25-15-31-22(28-24-3)17-10-12-29(13-11-17)20-9-8-19(23-2)26-27-20;10-9(11,12)14-8-3-1-2-7(6-8)4-5-13/h4-9,17H,3,10-15H2,1-2H3,(H,23,26)(H,25,30);1-3,5-6H,4H2/b28-22-;. The number of alkyl halides is 3. The molecule has 0 radical (unpaired) electrons. The second-order valence-corrected chi connectivity index (χ2v) is 10.9. The van der Waals surface area contributed by atoms with Crippen LogP contribution in [-0.2, 0) is 22.4 Å². The summed E-state index contributed by atoms with van der Waals surface area (Å²) in [6.07, 6.45) is -1.74. The van der Waals surface area contributed by atoms with Crippen molar-refractivity contribution < 1.29 is 27.5 Å². The van der Waals surface area contributed by atoms with Gasteiger partial charge in [-0.05, 0) is 60.7 Å². The summed E-state index contributed by atoms with van der Waals surface area (Å²) in [5.74, 6) is 2.10. The zero-order valence-electron chi connectivity index (χ0n) is 25.1. The normalized spacial score (nSPS) is 13.7. The van der Waals surface area contributed by atoms with Crippen molar-refractivity contribution in [3.63, 3.8) is 0 Å². The predicted octanol–water partition coefficient (Wildman–Crippen LogP) is 5.43. The molecule has 240 valence electrons. The Balaban J connectivity index is 0.000000330. The van der Waals surface area contributed by atoms with Crippen LogP contribution in [-0.4, -0.2) is 66.5 Å². The Labute approximate surface area is 264 Å². The van der Waals surface area contributed by atoms with Crippen LogP contribution in [0.2, 0.25) is 0 Å². The number of nitrogens with zero attached hydrogens (tertiary/aromatic N) is 5. The summed E-state index contributed by atoms with van der Waals surface area (Å²) in [4.78, 5) is 24.6. The van der Waals surface area contributed by atoms with Gasteiger partial charge in [-0.1, -0.05) is 48.2 Å². The molecule has 0 spiro atoms. The number of nitrogens with one attached hydrogen (secondary N) is 2. The van der Waals surface area contributed by atoms with Gasteiger partial charge in [0.15, 0.2) is 5.82 Å². The summed E-state index contributed by atoms with van der Waals surface area (Å²) in [6, 6.07) is 17.2. The highest BCUT2D eigenvalue weighted by Crippen LogP contribution is 2.27. The van der Waals surface area contributed by atoms with Crippen molar-refractivity contribution in [2.75, 3.05) is 36.2 Å². The number of hydrogen-bond donors (Lipinski definition) is 2. The lowest BCUT2D eigenvalue weighted by Gasteiger charge is -2.32. The van der Waals surface area contributed by atoms with Gasteiger partial charge in [0.2, 0.25) is 5.91 Å². The number of halogens is 3. The Morgan fingerprint density at radius 3 is 2.51 bits per heavy atom. The van der Waals surface area contributed by atoms with Gasteiger partial charge >= 0.3 is 6.36 Å². The molecule has 1 aliphatic rings. The van der Waals surface area contributed by atoms with Crippen LogP contribution in [0.5, 0.6) is 5.75 Å². The zero-order chi connectivity index (χ0) is 32.7. The van der Waals surface area contributed by atoms with Crippen molar-refractivity contribution >= 4 is 47.4 Å². The topological polar surface area (TPSA) is 121 Å². The minimum Gasteiger partial charge on any atom is -0.406 e. The molecule has 2 N–H and O–H groups in total. The van der Waals surface area contributed by atoms with Crippen molar-refractivity contribution in [2.45, 2.75) is 39.0 Å². The highest BCUT2D eigenvalue weighted by atomic mass is 32.2. The van der Waals surface area contributed by atoms with E-state index < -0.39 is 6.36 Å². The van der Waals surface area contributed by atoms with E-state index in [2.05, 4.69) is 47.4 Å². The number of carbonyl (C=O) groups excluding carboxylic acids is 2. The minimum atomic E-state index is -4.69. The Kier molecular flexibility index (Phi) is 13.8. The second-order valence-electron chi connectivity index (χ2n) is 9.93. The van der Waals surface area contributed by atoms with Crippen molar-refractivity contribution in [1.29, 1.82) is 0 Å². The van der Waals surface area contributed by atoms with Gasteiger partial charge < -0.3 is 25.1 Å². The molecule has 0 saturated carbocycles. The molecular formula is C31H36F3N7O3S. The van der Waals surface area contributed by atoms with Gasteiger partial charge in [0.25, 0.3) is 0 Å². The van der Waals surface area contributed by atoms with E-state index in [0.717, 1.165) is 53.7 Å². The summed E-state index contributed by atoms with van der Waals surface area (Å²) in [6.45, 7) is 7.27. The van der Waals surface area contributed by atoms with Crippen molar-refractivity contribution in [2.24, 2.45) is 16.1 Å². The third-order valence-electron chi connectivity index (χ3n) is 6.80. The van der Waals surface area contributed by atoms with E-state index in [9.17, 15) is 22.8 Å². The number of rotatable bonds is 11. The highest BCUT2D eigenvalue weighted by molar-refractivity contribution is 8.13. The molecule has 1 amide bonds. The molecule has 1 fully saturated rings. The van der Waals surface area contributed by atoms with Crippen molar-refractivity contribution in [1.82, 2.24) is 15.5 Å². The maximum atomic E-state index is 12.3. The Hall–Kier alpha value is -4.46. The maximum absolute atomic E-state index is 12.3. The summed E-state index contributed by atoms with van der Waals surface area (Å²) in [5.41, 5.74) is 2.66. The van der Waals surface area contributed by atoms with Crippen molar-refractivity contribution in [3.05, 3.63) is 77.4 Å². The number of anilines is 2. The third-order valence-corrected chi connectivity index (χ3v) is 7.80. The molecule has 0 bridgehead atoms. The Morgan fingerprint density at radius 1 is 1.13 bits per heavy atom. The fourth-order valence-corrected chi connectivity index (χ4v) is 5.45. The number of hydrogen-bond acceptors (Lipinski definition) is 10. The zero-order valence-corrected chi connectivity index (χ0v) is 25.9. The fourth-order valence-electron chi connectivity index (χ4n) is 4.48. The van der Waals surface area contributed by atoms with Gasteiger partial charge in [-0.15, -0.1) is 28.5 Å². The predicted molar refractivity (Wildman–Crippen MR) is 172 cm³/mol. The van der Waals surface area contributed by atoms with Crippen LogP contribution in [0.3, 0.4) is 0 Å². The van der Waals surface area contributed by atoms with E-state index in [1.54, 1.807) is 6.07 Å². The van der Waals surface area contributed by atoms with Crippen LogP contribution >= 0.6 is 11.8 Å². The number of ether oxygens (including phenoxy) is 1. The number of carbonyl (C=O) groups is 2. The molecule has 1 saturated heterocycles. The first-order chi connectivity index (χ1) is 21.6. The van der Waals surface area contributed by atoms with E-state index in [-0.39, 0.29) is 18.1 Å². The number of piperidine rings is 1. The molecule has 0 aliphatic carbocycles. The van der Waals surface area contributed by atoms with E-state index in [1.165, 1.54) is 30.0 Å². The molecule has 2 aromatic carbocycles. The van der Waals surface area contributed by atoms with Crippen molar-refractivity contribution in [3.8, 4) is 5.75 Å². The molecule has 4 rings (SSSR count). The van der Waals surface area contributed by atoms with Crippen LogP contribution in [0.25, 0.3) is 0 Å². The summed E-state index contributed by atoms with van der Waals surface area (Å²) < 4.78 is 39.0. The molecule has 0 atom stereocenters. The van der Waals surface area contributed by atoms with E-state index in [1.807, 2.05) is 50.4 Å². The van der Waals surface area contributed by atoms with Crippen LogP contribution in [0.4, 0.5) is 24.8 Å². The molecular weight excluding hydrogens is 607 g/mol. The number of thioether (sulfide) groups is 1. The minimum absolute atomic E-state index is 0.00567. The molecule has 14 heteroatoms. The van der Waals surface area contributed by atoms with Crippen LogP contribution in [0.1, 0.15) is 29.5 Å². The average Bonchev–Trinajstić information content (AvgIpc) is 3.02. The molecule has 2 heterocycles. The second kappa shape index (κ2) is 17.7. The van der Waals surface area contributed by atoms with Gasteiger partial charge in [0.05, 0.1) is 12.3 Å². The SMILES string of the molecule is C=N/N=C(\SCNC(=O)Cc1ccccc1C)C1CCN(c2ccc(NC)nn2)CC1.O=CCc1cccc(OC(F)(F)F)c1. The first-order valence-corrected chi connectivity index (χ1v) is 15.1. The number of aryl methyl sites for hydroxylation is 1. The molecule has 1 aromatic heterocycles. The van der Waals surface area contributed by atoms with Crippen LogP contribution < -0.4 is 20.3 Å². The van der Waals surface area contributed by atoms with Crippen LogP contribution in [0, 0.1) is 12.8 Å². The lowest BCUT2D eigenvalue weighted by molar-refractivity contribution is -0.274. The quantitative estimate of drug-likeness (QED) is 0.0933. The summed E-state index contributed by atoms with van der Waals surface area (Å²) in [7, 11) is 1.83. The van der Waals surface area contributed by atoms with Gasteiger partial charge in [-0.25, -0.2) is 0 Å². The molecule has 45 heavy (non-hydrogen) atoms. The molecule has 1 aliphatic heterocycles. The number of benzene rings is 2. The Morgan fingerprint density at radius 2 is 1.89 bits per heavy atom. The lowest BCUT2D eigenvalue weighted by Crippen LogP contribution is -2.36. The molecule has 10 nitrogen and oxygen atoms in total. The summed E-state index contributed by atoms with van der Waals surface area (Å²) in [5, 5.41) is 23.3. The number of amides is 1. The van der Waals surface area contributed by atoms with Gasteiger partial charge in [-0.2, -0.15) is 5.10 Å². The first-order valence-electron chi connectivity index (χ1n) is 14.1. The fraction of sp³-hybridized carbons (Fsp3) is 0.355. The van der Waals surface area contributed by atoms with E-state index in [0.29, 0.717) is 30.1 Å². The highest BCUT2D eigenvalue weighted by Gasteiger charge is 2.31. The van der Waals surface area contributed by atoms with Crippen LogP contribution in [0.15, 0.2) is 70.9 Å². The first kappa shape index (κ1) is 35.0. The molecule has 0 unspecified atom stereocenters. The molecule has 3 aromatic rings. The number of aldehydes is 1. The monoisotopic (exact) mass is 643 g/mol. The van der Waals surface area contributed by atoms with Gasteiger partial charge in [0.1, 0.15) is 22.9 Å². The summed E-state index contributed by atoms with van der Waals surface area (Å²) >= 11 is 1.53. The smallest absolute Gasteiger partial charge is 0.406 e. The largest absolute Gasteiger partial charge is 0.573 e. The van der Waals surface area contributed by atoms with E-state index in [4.69, 9.17) is 0 Å². The maximum Gasteiger partial charge on any atom is 0.573 e. The third kappa shape index (κ3) is 12.2. The van der Waals surface area contributed by atoms with E-state index >= 15 is 0 Å². The average molecular weight is 644 g/mol.